The molecule has 0 spiro atoms. The molecule has 1 heterocycles. The lowest BCUT2D eigenvalue weighted by atomic mass is 10.3. The number of nitrogens with one attached hydrogen (secondary N) is 1. The Balaban J connectivity index is 2.22. The van der Waals surface area contributed by atoms with E-state index in [9.17, 15) is 9.59 Å². The molecule has 1 aliphatic rings. The van der Waals surface area contributed by atoms with Crippen LogP contribution in [0.1, 0.15) is 53.5 Å². The van der Waals surface area contributed by atoms with Gasteiger partial charge in [-0.3, -0.25) is 0 Å². The van der Waals surface area contributed by atoms with E-state index in [1.54, 1.807) is 13.8 Å². The molecule has 0 atom stereocenters. The third kappa shape index (κ3) is 3.33. The molecule has 1 saturated carbocycles. The van der Waals surface area contributed by atoms with Crippen molar-refractivity contribution in [1.82, 2.24) is 9.97 Å². The number of ether oxygens (including phenoxy) is 2. The van der Waals surface area contributed by atoms with Gasteiger partial charge >= 0.3 is 11.9 Å². The van der Waals surface area contributed by atoms with Gasteiger partial charge in [-0.2, -0.15) is 0 Å². The monoisotopic (exact) mass is 266 g/mol. The number of hydrogen-bond donors (Lipinski definition) is 1. The van der Waals surface area contributed by atoms with Crippen LogP contribution in [0, 0.1) is 5.92 Å². The van der Waals surface area contributed by atoms with Crippen molar-refractivity contribution in [3.8, 4) is 0 Å². The fraction of sp³-hybridized carbons (Fsp3) is 0.615. The maximum absolute atomic E-state index is 11.8. The third-order valence-electron chi connectivity index (χ3n) is 2.88. The molecule has 1 aromatic rings. The fourth-order valence-electron chi connectivity index (χ4n) is 1.81. The molecule has 0 bridgehead atoms. The highest BCUT2D eigenvalue weighted by molar-refractivity contribution is 6.00. The molecular weight excluding hydrogens is 248 g/mol. The van der Waals surface area contributed by atoms with E-state index in [-0.39, 0.29) is 24.6 Å². The first kappa shape index (κ1) is 13.6. The van der Waals surface area contributed by atoms with Crippen molar-refractivity contribution in [1.29, 1.82) is 0 Å². The van der Waals surface area contributed by atoms with Gasteiger partial charge in [-0.05, 0) is 32.6 Å². The van der Waals surface area contributed by atoms with Crippen LogP contribution in [-0.2, 0) is 15.9 Å². The Bertz CT molecular complexity index is 441. The van der Waals surface area contributed by atoms with Crippen LogP contribution in [0.15, 0.2) is 0 Å². The van der Waals surface area contributed by atoms with Gasteiger partial charge in [0, 0.05) is 6.42 Å². The summed E-state index contributed by atoms with van der Waals surface area (Å²) in [6.45, 7) is 3.91. The van der Waals surface area contributed by atoms with Gasteiger partial charge in [0.2, 0.25) is 0 Å². The number of aromatic nitrogens is 2. The summed E-state index contributed by atoms with van der Waals surface area (Å²) < 4.78 is 9.81. The number of carbonyl (C=O) groups is 2. The largest absolute Gasteiger partial charge is 0.461 e. The van der Waals surface area contributed by atoms with Crippen molar-refractivity contribution in [3.63, 3.8) is 0 Å². The summed E-state index contributed by atoms with van der Waals surface area (Å²) in [7, 11) is 0. The number of nitrogens with zero attached hydrogens (tertiary/aromatic N) is 1. The molecule has 0 saturated heterocycles. The second-order valence-electron chi connectivity index (χ2n) is 4.50. The SMILES string of the molecule is CCOC(=O)c1nc(CC2CC2)[nH]c1C(=O)OCC. The maximum Gasteiger partial charge on any atom is 0.359 e. The predicted octanol–water partition coefficient (Wildman–Crippen LogP) is 1.72. The molecule has 6 nitrogen and oxygen atoms in total. The van der Waals surface area contributed by atoms with E-state index in [1.807, 2.05) is 0 Å². The average molecular weight is 266 g/mol. The number of rotatable bonds is 6. The lowest BCUT2D eigenvalue weighted by molar-refractivity contribution is 0.0471. The number of aromatic amines is 1. The Morgan fingerprint density at radius 2 is 1.84 bits per heavy atom. The number of imidazole rings is 1. The number of esters is 2. The van der Waals surface area contributed by atoms with Crippen molar-refractivity contribution in [3.05, 3.63) is 17.2 Å². The highest BCUT2D eigenvalue weighted by atomic mass is 16.5. The van der Waals surface area contributed by atoms with E-state index in [4.69, 9.17) is 9.47 Å². The first-order valence-corrected chi connectivity index (χ1v) is 6.58. The van der Waals surface area contributed by atoms with Crippen molar-refractivity contribution in [2.75, 3.05) is 13.2 Å². The van der Waals surface area contributed by atoms with Crippen molar-refractivity contribution in [2.45, 2.75) is 33.1 Å². The summed E-state index contributed by atoms with van der Waals surface area (Å²) in [5.41, 5.74) is 0.118. The molecule has 2 rings (SSSR count). The second kappa shape index (κ2) is 5.86. The zero-order valence-electron chi connectivity index (χ0n) is 11.2. The summed E-state index contributed by atoms with van der Waals surface area (Å²) in [5.74, 6) is 0.0915. The Kier molecular flexibility index (Phi) is 4.19. The van der Waals surface area contributed by atoms with Crippen LogP contribution in [0.2, 0.25) is 0 Å². The first-order valence-electron chi connectivity index (χ1n) is 6.58. The van der Waals surface area contributed by atoms with Gasteiger partial charge in [0.15, 0.2) is 11.4 Å². The standard InChI is InChI=1S/C13H18N2O4/c1-3-18-12(16)10-11(13(17)19-4-2)15-9(14-10)7-8-5-6-8/h8H,3-7H2,1-2H3,(H,14,15). The molecule has 0 unspecified atom stereocenters. The van der Waals surface area contributed by atoms with Gasteiger partial charge in [0.25, 0.3) is 0 Å². The Labute approximate surface area is 111 Å². The van der Waals surface area contributed by atoms with Crippen LogP contribution < -0.4 is 0 Å². The zero-order valence-corrected chi connectivity index (χ0v) is 11.2. The predicted molar refractivity (Wildman–Crippen MR) is 66.9 cm³/mol. The minimum absolute atomic E-state index is 0.0240. The van der Waals surface area contributed by atoms with Crippen molar-refractivity contribution < 1.29 is 19.1 Å². The summed E-state index contributed by atoms with van der Waals surface area (Å²) in [6.07, 6.45) is 3.10. The zero-order chi connectivity index (χ0) is 13.8. The van der Waals surface area contributed by atoms with Crippen LogP contribution in [-0.4, -0.2) is 35.1 Å². The molecule has 0 radical (unpaired) electrons. The lowest BCUT2D eigenvalue weighted by Crippen LogP contribution is -2.13. The number of hydrogen-bond acceptors (Lipinski definition) is 5. The maximum atomic E-state index is 11.8. The van der Waals surface area contributed by atoms with Crippen LogP contribution in [0.5, 0.6) is 0 Å². The molecule has 0 aromatic carbocycles. The summed E-state index contributed by atoms with van der Waals surface area (Å²) in [5, 5.41) is 0. The summed E-state index contributed by atoms with van der Waals surface area (Å²) in [6, 6.07) is 0. The molecule has 104 valence electrons. The van der Waals surface area contributed by atoms with Crippen LogP contribution >= 0.6 is 0 Å². The quantitative estimate of drug-likeness (QED) is 0.793. The lowest BCUT2D eigenvalue weighted by Gasteiger charge is -2.01. The minimum atomic E-state index is -0.594. The fourth-order valence-corrected chi connectivity index (χ4v) is 1.81. The normalized spacial score (nSPS) is 14.2. The van der Waals surface area contributed by atoms with Crippen LogP contribution in [0.3, 0.4) is 0 Å². The highest BCUT2D eigenvalue weighted by Gasteiger charge is 2.28. The second-order valence-corrected chi connectivity index (χ2v) is 4.50. The van der Waals surface area contributed by atoms with Gasteiger partial charge in [-0.25, -0.2) is 14.6 Å². The average Bonchev–Trinajstić information content (AvgIpc) is 3.07. The van der Waals surface area contributed by atoms with E-state index in [1.165, 1.54) is 12.8 Å². The van der Waals surface area contributed by atoms with E-state index >= 15 is 0 Å². The smallest absolute Gasteiger partial charge is 0.359 e. The van der Waals surface area contributed by atoms with E-state index in [0.29, 0.717) is 11.7 Å². The molecule has 1 aliphatic carbocycles. The van der Waals surface area contributed by atoms with Crippen molar-refractivity contribution in [2.24, 2.45) is 5.92 Å². The number of carbonyl (C=O) groups excluding carboxylic acids is 2. The number of H-pyrrole nitrogens is 1. The molecule has 19 heavy (non-hydrogen) atoms. The third-order valence-corrected chi connectivity index (χ3v) is 2.88. The minimum Gasteiger partial charge on any atom is -0.461 e. The molecule has 1 fully saturated rings. The molecule has 0 aliphatic heterocycles. The van der Waals surface area contributed by atoms with Gasteiger partial charge in [0.05, 0.1) is 13.2 Å². The molecule has 1 aromatic heterocycles. The van der Waals surface area contributed by atoms with Crippen LogP contribution in [0.25, 0.3) is 0 Å². The topological polar surface area (TPSA) is 81.3 Å². The Morgan fingerprint density at radius 1 is 1.21 bits per heavy atom. The molecular formula is C13H18N2O4. The highest BCUT2D eigenvalue weighted by Crippen LogP contribution is 2.32. The van der Waals surface area contributed by atoms with Gasteiger partial charge in [-0.15, -0.1) is 0 Å². The summed E-state index contributed by atoms with van der Waals surface area (Å²) >= 11 is 0. The van der Waals surface area contributed by atoms with Crippen LogP contribution in [0.4, 0.5) is 0 Å². The Morgan fingerprint density at radius 3 is 2.42 bits per heavy atom. The van der Waals surface area contributed by atoms with E-state index in [2.05, 4.69) is 9.97 Å². The van der Waals surface area contributed by atoms with Gasteiger partial charge in [-0.1, -0.05) is 0 Å². The van der Waals surface area contributed by atoms with Gasteiger partial charge < -0.3 is 14.5 Å². The van der Waals surface area contributed by atoms with E-state index in [0.717, 1.165) is 6.42 Å². The molecule has 1 N–H and O–H groups in total. The van der Waals surface area contributed by atoms with Gasteiger partial charge in [0.1, 0.15) is 5.82 Å². The summed E-state index contributed by atoms with van der Waals surface area (Å²) in [4.78, 5) is 30.6. The van der Waals surface area contributed by atoms with E-state index < -0.39 is 11.9 Å². The first-order chi connectivity index (χ1) is 9.15. The molecule has 6 heteroatoms. The molecule has 0 amide bonds. The van der Waals surface area contributed by atoms with Crippen molar-refractivity contribution >= 4 is 11.9 Å². The Hall–Kier alpha value is -1.85.